The van der Waals surface area contributed by atoms with E-state index in [-0.39, 0.29) is 23.1 Å². The number of fused-ring (bicyclic) bond motifs is 1. The lowest BCUT2D eigenvalue weighted by Crippen LogP contribution is -2.32. The average molecular weight is 450 g/mol. The van der Waals surface area contributed by atoms with E-state index in [9.17, 15) is 18.0 Å². The highest BCUT2D eigenvalue weighted by molar-refractivity contribution is 7.89. The highest BCUT2D eigenvalue weighted by atomic mass is 35.5. The summed E-state index contributed by atoms with van der Waals surface area (Å²) < 4.78 is 34.3. The maximum absolute atomic E-state index is 12.6. The van der Waals surface area contributed by atoms with Crippen molar-refractivity contribution in [1.82, 2.24) is 9.29 Å². The molecule has 1 aliphatic rings. The monoisotopic (exact) mass is 449 g/mol. The number of para-hydroxylation sites is 1. The van der Waals surface area contributed by atoms with E-state index in [1.54, 1.807) is 24.3 Å². The Morgan fingerprint density at radius 2 is 1.90 bits per heavy atom. The van der Waals surface area contributed by atoms with Gasteiger partial charge >= 0.3 is 5.76 Å². The molecule has 2 N–H and O–H groups in total. The largest absolute Gasteiger partial charge is 0.420 e. The highest BCUT2D eigenvalue weighted by Gasteiger charge is 2.24. The van der Waals surface area contributed by atoms with Gasteiger partial charge in [0.2, 0.25) is 15.9 Å². The van der Waals surface area contributed by atoms with Crippen molar-refractivity contribution < 1.29 is 17.6 Å². The van der Waals surface area contributed by atoms with Gasteiger partial charge in [0.25, 0.3) is 0 Å². The van der Waals surface area contributed by atoms with E-state index >= 15 is 0 Å². The lowest BCUT2D eigenvalue weighted by atomic mass is 10.3. The standard InChI is InChI=1S/C20H20ClN3O5S/c21-15-7-3-4-8-16(15)22-19(25)12-24-17-10-9-14(11-18(17)29-20(24)26)30(27,28)23-13-5-1-2-6-13/h3-4,7-11,13,23H,1-2,5-6,12H2,(H,22,25). The van der Waals surface area contributed by atoms with Crippen LogP contribution in [0.2, 0.25) is 5.02 Å². The molecule has 1 fully saturated rings. The minimum atomic E-state index is -3.72. The first-order valence-electron chi connectivity index (χ1n) is 9.53. The highest BCUT2D eigenvalue weighted by Crippen LogP contribution is 2.23. The molecule has 0 atom stereocenters. The van der Waals surface area contributed by atoms with Crippen LogP contribution >= 0.6 is 11.6 Å². The lowest BCUT2D eigenvalue weighted by Gasteiger charge is -2.12. The normalized spacial score (nSPS) is 15.0. The summed E-state index contributed by atoms with van der Waals surface area (Å²) in [5.74, 6) is -1.22. The van der Waals surface area contributed by atoms with Gasteiger partial charge in [-0.05, 0) is 37.1 Å². The Morgan fingerprint density at radius 1 is 1.17 bits per heavy atom. The van der Waals surface area contributed by atoms with Gasteiger partial charge < -0.3 is 9.73 Å². The molecular formula is C20H20ClN3O5S. The third-order valence-corrected chi connectivity index (χ3v) is 6.92. The van der Waals surface area contributed by atoms with Crippen LogP contribution in [0.4, 0.5) is 5.69 Å². The van der Waals surface area contributed by atoms with Gasteiger partial charge in [0.1, 0.15) is 6.54 Å². The zero-order valence-corrected chi connectivity index (χ0v) is 17.5. The van der Waals surface area contributed by atoms with Crippen LogP contribution in [-0.2, 0) is 21.4 Å². The van der Waals surface area contributed by atoms with Crippen molar-refractivity contribution >= 4 is 44.3 Å². The first kappa shape index (κ1) is 20.6. The van der Waals surface area contributed by atoms with Gasteiger partial charge in [0.05, 0.1) is 21.1 Å². The third kappa shape index (κ3) is 4.28. The number of carbonyl (C=O) groups excluding carboxylic acids is 1. The van der Waals surface area contributed by atoms with E-state index in [1.807, 2.05) is 0 Å². The van der Waals surface area contributed by atoms with E-state index < -0.39 is 21.7 Å². The molecule has 0 bridgehead atoms. The van der Waals surface area contributed by atoms with E-state index in [0.29, 0.717) is 16.2 Å². The fourth-order valence-corrected chi connectivity index (χ4v) is 5.09. The van der Waals surface area contributed by atoms with Gasteiger partial charge in [0.15, 0.2) is 5.58 Å². The molecule has 1 heterocycles. The second kappa shape index (κ2) is 8.25. The molecule has 30 heavy (non-hydrogen) atoms. The van der Waals surface area contributed by atoms with Crippen molar-refractivity contribution in [2.75, 3.05) is 5.32 Å². The predicted molar refractivity (Wildman–Crippen MR) is 113 cm³/mol. The fraction of sp³-hybridized carbons (Fsp3) is 0.300. The molecule has 3 aromatic rings. The first-order chi connectivity index (χ1) is 14.3. The Kier molecular flexibility index (Phi) is 5.68. The minimum absolute atomic E-state index is 0.0170. The van der Waals surface area contributed by atoms with Crippen molar-refractivity contribution in [2.24, 2.45) is 0 Å². The Balaban J connectivity index is 1.57. The Morgan fingerprint density at radius 3 is 2.63 bits per heavy atom. The minimum Gasteiger partial charge on any atom is -0.408 e. The van der Waals surface area contributed by atoms with E-state index in [4.69, 9.17) is 16.0 Å². The van der Waals surface area contributed by atoms with Gasteiger partial charge in [-0.25, -0.2) is 17.9 Å². The number of amides is 1. The molecule has 8 nitrogen and oxygen atoms in total. The average Bonchev–Trinajstić information content (AvgIpc) is 3.30. The van der Waals surface area contributed by atoms with Crippen LogP contribution in [-0.4, -0.2) is 24.9 Å². The molecule has 158 valence electrons. The van der Waals surface area contributed by atoms with Gasteiger partial charge in [-0.2, -0.15) is 0 Å². The molecule has 1 amide bonds. The molecular weight excluding hydrogens is 430 g/mol. The third-order valence-electron chi connectivity index (χ3n) is 5.08. The van der Waals surface area contributed by atoms with Gasteiger partial charge in [-0.3, -0.25) is 9.36 Å². The van der Waals surface area contributed by atoms with Crippen molar-refractivity contribution in [2.45, 2.75) is 43.2 Å². The van der Waals surface area contributed by atoms with Crippen LogP contribution in [0.15, 0.2) is 56.6 Å². The fourth-order valence-electron chi connectivity index (χ4n) is 3.59. The van der Waals surface area contributed by atoms with Crippen molar-refractivity contribution in [3.8, 4) is 0 Å². The molecule has 1 aliphatic carbocycles. The summed E-state index contributed by atoms with van der Waals surface area (Å²) in [7, 11) is -3.72. The van der Waals surface area contributed by atoms with Crippen LogP contribution in [0, 0.1) is 0 Å². The number of rotatable bonds is 6. The second-order valence-corrected chi connectivity index (χ2v) is 9.34. The van der Waals surface area contributed by atoms with Crippen LogP contribution < -0.4 is 15.8 Å². The predicted octanol–water partition coefficient (Wildman–Crippen LogP) is 3.11. The summed E-state index contributed by atoms with van der Waals surface area (Å²) in [5, 5.41) is 3.01. The van der Waals surface area contributed by atoms with Crippen molar-refractivity contribution in [3.63, 3.8) is 0 Å². The summed E-state index contributed by atoms with van der Waals surface area (Å²) in [6.07, 6.45) is 3.63. The summed E-state index contributed by atoms with van der Waals surface area (Å²) in [6.45, 7) is -0.302. The van der Waals surface area contributed by atoms with Crippen LogP contribution in [0.3, 0.4) is 0 Å². The maximum Gasteiger partial charge on any atom is 0.420 e. The number of sulfonamides is 1. The van der Waals surface area contributed by atoms with Crippen LogP contribution in [0.25, 0.3) is 11.1 Å². The topological polar surface area (TPSA) is 110 Å². The molecule has 4 rings (SSSR count). The summed E-state index contributed by atoms with van der Waals surface area (Å²) in [6, 6.07) is 10.8. The molecule has 1 aromatic heterocycles. The van der Waals surface area contributed by atoms with Gasteiger partial charge in [-0.15, -0.1) is 0 Å². The Hall–Kier alpha value is -2.62. The molecule has 1 saturated carbocycles. The zero-order valence-electron chi connectivity index (χ0n) is 15.9. The number of anilines is 1. The van der Waals surface area contributed by atoms with Crippen molar-refractivity contribution in [1.29, 1.82) is 0 Å². The summed E-state index contributed by atoms with van der Waals surface area (Å²) in [5.41, 5.74) is 0.852. The van der Waals surface area contributed by atoms with Crippen LogP contribution in [0.5, 0.6) is 0 Å². The number of nitrogens with one attached hydrogen (secondary N) is 2. The Labute approximate surface area is 177 Å². The van der Waals surface area contributed by atoms with E-state index in [2.05, 4.69) is 10.0 Å². The number of oxazole rings is 1. The molecule has 0 saturated heterocycles. The maximum atomic E-state index is 12.6. The molecule has 0 radical (unpaired) electrons. The van der Waals surface area contributed by atoms with E-state index in [1.165, 1.54) is 18.2 Å². The molecule has 0 spiro atoms. The zero-order chi connectivity index (χ0) is 21.3. The number of halogens is 1. The number of nitrogens with zero attached hydrogens (tertiary/aromatic N) is 1. The smallest absolute Gasteiger partial charge is 0.408 e. The Bertz CT molecular complexity index is 1260. The molecule has 10 heteroatoms. The lowest BCUT2D eigenvalue weighted by molar-refractivity contribution is -0.116. The first-order valence-corrected chi connectivity index (χ1v) is 11.4. The molecule has 0 aliphatic heterocycles. The number of hydrogen-bond donors (Lipinski definition) is 2. The van der Waals surface area contributed by atoms with Crippen molar-refractivity contribution in [3.05, 3.63) is 58.0 Å². The van der Waals surface area contributed by atoms with Crippen LogP contribution in [0.1, 0.15) is 25.7 Å². The van der Waals surface area contributed by atoms with E-state index in [0.717, 1.165) is 30.3 Å². The quantitative estimate of drug-likeness (QED) is 0.600. The van der Waals surface area contributed by atoms with Gasteiger partial charge in [0, 0.05) is 12.1 Å². The summed E-state index contributed by atoms with van der Waals surface area (Å²) >= 11 is 6.03. The number of carbonyl (C=O) groups is 1. The number of hydrogen-bond acceptors (Lipinski definition) is 5. The summed E-state index contributed by atoms with van der Waals surface area (Å²) in [4.78, 5) is 24.6. The SMILES string of the molecule is O=C(Cn1c(=O)oc2cc(S(=O)(=O)NC3CCCC3)ccc21)Nc1ccccc1Cl. The number of aromatic nitrogens is 1. The van der Waals surface area contributed by atoms with Gasteiger partial charge in [-0.1, -0.05) is 36.6 Å². The molecule has 0 unspecified atom stereocenters. The number of benzene rings is 2. The molecule has 2 aromatic carbocycles. The second-order valence-electron chi connectivity index (χ2n) is 7.21.